The van der Waals surface area contributed by atoms with Crippen molar-refractivity contribution in [1.29, 1.82) is 0 Å². The van der Waals surface area contributed by atoms with Gasteiger partial charge in [0.2, 0.25) is 0 Å². The minimum absolute atomic E-state index is 0.0212. The fourth-order valence-corrected chi connectivity index (χ4v) is 3.28. The van der Waals surface area contributed by atoms with Crippen LogP contribution in [-0.4, -0.2) is 49.5 Å². The molecule has 0 bridgehead atoms. The lowest BCUT2D eigenvalue weighted by molar-refractivity contribution is 0.0782. The zero-order chi connectivity index (χ0) is 15.8. The molecular formula is C15H15ClN6O. The van der Waals surface area contributed by atoms with Gasteiger partial charge in [-0.3, -0.25) is 4.79 Å². The number of aromatic amines is 2. The van der Waals surface area contributed by atoms with E-state index in [4.69, 9.17) is 11.6 Å². The number of benzene rings is 1. The number of carbonyl (C=O) groups is 1. The number of fused-ring (bicyclic) bond motifs is 1. The predicted molar refractivity (Wildman–Crippen MR) is 85.2 cm³/mol. The maximum atomic E-state index is 12.7. The quantitative estimate of drug-likeness (QED) is 0.769. The van der Waals surface area contributed by atoms with E-state index in [2.05, 4.69) is 25.6 Å². The minimum atomic E-state index is 0.0212. The van der Waals surface area contributed by atoms with E-state index in [9.17, 15) is 4.79 Å². The van der Waals surface area contributed by atoms with E-state index in [0.29, 0.717) is 29.0 Å². The van der Waals surface area contributed by atoms with Crippen LogP contribution in [0, 0.1) is 5.92 Å². The molecule has 8 heteroatoms. The Morgan fingerprint density at radius 1 is 1.39 bits per heavy atom. The molecule has 0 saturated carbocycles. The van der Waals surface area contributed by atoms with Crippen LogP contribution >= 0.6 is 11.6 Å². The van der Waals surface area contributed by atoms with E-state index >= 15 is 0 Å². The average Bonchev–Trinajstić information content (AvgIpc) is 3.26. The molecule has 7 nitrogen and oxygen atoms in total. The molecule has 4 rings (SSSR count). The Morgan fingerprint density at radius 2 is 2.30 bits per heavy atom. The first-order chi connectivity index (χ1) is 11.2. The second-order valence-electron chi connectivity index (χ2n) is 5.85. The summed E-state index contributed by atoms with van der Waals surface area (Å²) in [7, 11) is 0. The van der Waals surface area contributed by atoms with Gasteiger partial charge in [-0.1, -0.05) is 16.8 Å². The third kappa shape index (κ3) is 2.79. The van der Waals surface area contributed by atoms with Gasteiger partial charge in [-0.25, -0.2) is 0 Å². The standard InChI is InChI=1S/C15H15ClN6O/c16-11-1-2-12-10(6-11)7-13(17-12)15(23)22-4-3-9(8-22)5-14-18-20-21-19-14/h1-2,6-7,9,17H,3-5,8H2,(H,18,19,20,21). The SMILES string of the molecule is O=C(c1cc2cc(Cl)ccc2[nH]1)N1CCC(Cc2nn[nH]n2)C1. The number of aromatic nitrogens is 5. The third-order valence-electron chi connectivity index (χ3n) is 4.25. The average molecular weight is 331 g/mol. The molecule has 1 unspecified atom stereocenters. The number of tetrazole rings is 1. The molecule has 0 radical (unpaired) electrons. The largest absolute Gasteiger partial charge is 0.351 e. The topological polar surface area (TPSA) is 90.6 Å². The fraction of sp³-hybridized carbons (Fsp3) is 0.333. The van der Waals surface area contributed by atoms with E-state index < -0.39 is 0 Å². The van der Waals surface area contributed by atoms with E-state index in [1.54, 1.807) is 0 Å². The lowest BCUT2D eigenvalue weighted by atomic mass is 10.1. The normalized spacial score (nSPS) is 18.0. The van der Waals surface area contributed by atoms with Gasteiger partial charge in [-0.05, 0) is 36.6 Å². The highest BCUT2D eigenvalue weighted by Gasteiger charge is 2.28. The number of carbonyl (C=O) groups excluding carboxylic acids is 1. The van der Waals surface area contributed by atoms with Gasteiger partial charge in [0, 0.05) is 35.4 Å². The summed E-state index contributed by atoms with van der Waals surface area (Å²) in [5.74, 6) is 1.09. The summed E-state index contributed by atoms with van der Waals surface area (Å²) in [6, 6.07) is 7.41. The van der Waals surface area contributed by atoms with Crippen LogP contribution in [0.15, 0.2) is 24.3 Å². The van der Waals surface area contributed by atoms with Crippen LogP contribution in [0.25, 0.3) is 10.9 Å². The number of rotatable bonds is 3. The lowest BCUT2D eigenvalue weighted by Crippen LogP contribution is -2.29. The zero-order valence-corrected chi connectivity index (χ0v) is 13.0. The molecule has 1 fully saturated rings. The first kappa shape index (κ1) is 14.2. The predicted octanol–water partition coefficient (Wildman–Crippen LogP) is 2.04. The van der Waals surface area contributed by atoms with E-state index in [1.807, 2.05) is 29.2 Å². The van der Waals surface area contributed by atoms with Gasteiger partial charge in [0.1, 0.15) is 5.69 Å². The van der Waals surface area contributed by atoms with Gasteiger partial charge in [0.05, 0.1) is 0 Å². The minimum Gasteiger partial charge on any atom is -0.351 e. The van der Waals surface area contributed by atoms with Gasteiger partial charge in [0.25, 0.3) is 5.91 Å². The molecular weight excluding hydrogens is 316 g/mol. The van der Waals surface area contributed by atoms with Crippen LogP contribution < -0.4 is 0 Å². The summed E-state index contributed by atoms with van der Waals surface area (Å²) < 4.78 is 0. The van der Waals surface area contributed by atoms with Crippen molar-refractivity contribution in [2.24, 2.45) is 5.92 Å². The van der Waals surface area contributed by atoms with Gasteiger partial charge in [-0.2, -0.15) is 5.21 Å². The highest BCUT2D eigenvalue weighted by molar-refractivity contribution is 6.31. The third-order valence-corrected chi connectivity index (χ3v) is 4.48. The summed E-state index contributed by atoms with van der Waals surface area (Å²) in [4.78, 5) is 17.7. The Balaban J connectivity index is 1.48. The number of nitrogens with one attached hydrogen (secondary N) is 2. The first-order valence-corrected chi connectivity index (χ1v) is 7.87. The summed E-state index contributed by atoms with van der Waals surface area (Å²) in [6.07, 6.45) is 1.69. The Bertz CT molecular complexity index is 843. The molecule has 2 N–H and O–H groups in total. The maximum Gasteiger partial charge on any atom is 0.270 e. The first-order valence-electron chi connectivity index (χ1n) is 7.49. The van der Waals surface area contributed by atoms with Crippen molar-refractivity contribution in [1.82, 2.24) is 30.5 Å². The molecule has 1 amide bonds. The van der Waals surface area contributed by atoms with Crippen molar-refractivity contribution in [2.75, 3.05) is 13.1 Å². The second kappa shape index (κ2) is 5.66. The molecule has 118 valence electrons. The highest BCUT2D eigenvalue weighted by Crippen LogP contribution is 2.24. The smallest absolute Gasteiger partial charge is 0.270 e. The number of amides is 1. The van der Waals surface area contributed by atoms with Gasteiger partial charge in [-0.15, -0.1) is 10.2 Å². The number of H-pyrrole nitrogens is 2. The number of likely N-dealkylation sites (tertiary alicyclic amines) is 1. The van der Waals surface area contributed by atoms with Crippen LogP contribution in [0.5, 0.6) is 0 Å². The van der Waals surface area contributed by atoms with Crippen molar-refractivity contribution < 1.29 is 4.79 Å². The van der Waals surface area contributed by atoms with Crippen LogP contribution in [0.4, 0.5) is 0 Å². The summed E-state index contributed by atoms with van der Waals surface area (Å²) in [5.41, 5.74) is 1.52. The van der Waals surface area contributed by atoms with Crippen LogP contribution in [-0.2, 0) is 6.42 Å². The fourth-order valence-electron chi connectivity index (χ4n) is 3.10. The van der Waals surface area contributed by atoms with Gasteiger partial charge in [0.15, 0.2) is 5.82 Å². The second-order valence-corrected chi connectivity index (χ2v) is 6.29. The molecule has 0 aliphatic carbocycles. The number of halogens is 1. The van der Waals surface area contributed by atoms with Gasteiger partial charge >= 0.3 is 0 Å². The molecule has 0 spiro atoms. The molecule has 1 aliphatic rings. The Kier molecular flexibility index (Phi) is 3.49. The number of hydrogen-bond acceptors (Lipinski definition) is 4. The van der Waals surface area contributed by atoms with Gasteiger partial charge < -0.3 is 9.88 Å². The Hall–Kier alpha value is -2.41. The Morgan fingerprint density at radius 3 is 3.13 bits per heavy atom. The Labute approximate surface area is 137 Å². The van der Waals surface area contributed by atoms with Crippen molar-refractivity contribution >= 4 is 28.4 Å². The van der Waals surface area contributed by atoms with Crippen molar-refractivity contribution in [3.05, 3.63) is 40.8 Å². The van der Waals surface area contributed by atoms with Crippen molar-refractivity contribution in [3.63, 3.8) is 0 Å². The monoisotopic (exact) mass is 330 g/mol. The molecule has 2 aromatic heterocycles. The van der Waals surface area contributed by atoms with E-state index in [-0.39, 0.29) is 5.91 Å². The summed E-state index contributed by atoms with van der Waals surface area (Å²) >= 11 is 5.99. The van der Waals surface area contributed by atoms with E-state index in [1.165, 1.54) is 0 Å². The van der Waals surface area contributed by atoms with Crippen LogP contribution in [0.3, 0.4) is 0 Å². The van der Waals surface area contributed by atoms with Crippen LogP contribution in [0.1, 0.15) is 22.7 Å². The van der Waals surface area contributed by atoms with E-state index in [0.717, 1.165) is 30.3 Å². The van der Waals surface area contributed by atoms with Crippen molar-refractivity contribution in [2.45, 2.75) is 12.8 Å². The molecule has 1 saturated heterocycles. The molecule has 1 atom stereocenters. The maximum absolute atomic E-state index is 12.7. The molecule has 1 aliphatic heterocycles. The van der Waals surface area contributed by atoms with Crippen LogP contribution in [0.2, 0.25) is 5.02 Å². The summed E-state index contributed by atoms with van der Waals surface area (Å²) in [5, 5.41) is 15.6. The number of hydrogen-bond donors (Lipinski definition) is 2. The zero-order valence-electron chi connectivity index (χ0n) is 12.3. The van der Waals surface area contributed by atoms with Crippen molar-refractivity contribution in [3.8, 4) is 0 Å². The summed E-state index contributed by atoms with van der Waals surface area (Å²) in [6.45, 7) is 1.46. The highest BCUT2D eigenvalue weighted by atomic mass is 35.5. The lowest BCUT2D eigenvalue weighted by Gasteiger charge is -2.15. The molecule has 3 heterocycles. The number of nitrogens with zero attached hydrogens (tertiary/aromatic N) is 4. The molecule has 23 heavy (non-hydrogen) atoms. The molecule has 1 aromatic carbocycles. The molecule has 3 aromatic rings.